The molecule has 3 unspecified atom stereocenters. The normalized spacial score (nSPS) is 33.4. The van der Waals surface area contributed by atoms with Crippen molar-refractivity contribution in [1.29, 1.82) is 0 Å². The molecule has 1 aliphatic carbocycles. The second-order valence-electron chi connectivity index (χ2n) is 6.29. The van der Waals surface area contributed by atoms with Gasteiger partial charge in [-0.1, -0.05) is 13.3 Å². The van der Waals surface area contributed by atoms with Gasteiger partial charge in [0.1, 0.15) is 0 Å². The summed E-state index contributed by atoms with van der Waals surface area (Å²) in [5.74, 6) is 1.20. The van der Waals surface area contributed by atoms with E-state index in [1.54, 1.807) is 0 Å². The first kappa shape index (κ1) is 14.8. The highest BCUT2D eigenvalue weighted by Crippen LogP contribution is 2.30. The Morgan fingerprint density at radius 3 is 2.79 bits per heavy atom. The number of hydrogen-bond donors (Lipinski definition) is 1. The van der Waals surface area contributed by atoms with Crippen LogP contribution in [0.15, 0.2) is 0 Å². The summed E-state index contributed by atoms with van der Waals surface area (Å²) in [5.41, 5.74) is 5.77. The number of likely N-dealkylation sites (N-methyl/N-ethyl adjacent to an activating group) is 1. The molecule has 1 saturated carbocycles. The van der Waals surface area contributed by atoms with Crippen LogP contribution in [0.1, 0.15) is 39.0 Å². The molecule has 19 heavy (non-hydrogen) atoms. The number of nitrogens with two attached hydrogens (primary N) is 1. The summed E-state index contributed by atoms with van der Waals surface area (Å²) >= 11 is 0. The first-order chi connectivity index (χ1) is 9.15. The number of carbonyl (C=O) groups is 1. The van der Waals surface area contributed by atoms with Gasteiger partial charge in [-0.15, -0.1) is 0 Å². The molecule has 1 amide bonds. The Kier molecular flexibility index (Phi) is 5.22. The zero-order valence-corrected chi connectivity index (χ0v) is 12.5. The van der Waals surface area contributed by atoms with Gasteiger partial charge in [0.2, 0.25) is 5.91 Å². The van der Waals surface area contributed by atoms with E-state index in [0.29, 0.717) is 17.9 Å². The van der Waals surface area contributed by atoms with Crippen molar-refractivity contribution in [2.45, 2.75) is 45.1 Å². The van der Waals surface area contributed by atoms with Gasteiger partial charge < -0.3 is 10.6 Å². The lowest BCUT2D eigenvalue weighted by atomic mass is 9.80. The first-order valence-corrected chi connectivity index (χ1v) is 7.84. The predicted molar refractivity (Wildman–Crippen MR) is 77.8 cm³/mol. The van der Waals surface area contributed by atoms with Gasteiger partial charge in [0.05, 0.1) is 0 Å². The monoisotopic (exact) mass is 267 g/mol. The van der Waals surface area contributed by atoms with Crippen LogP contribution in [-0.2, 0) is 4.79 Å². The Morgan fingerprint density at radius 1 is 1.32 bits per heavy atom. The van der Waals surface area contributed by atoms with E-state index in [-0.39, 0.29) is 5.92 Å². The maximum atomic E-state index is 12.6. The number of carbonyl (C=O) groups excluding carboxylic acids is 1. The zero-order valence-electron chi connectivity index (χ0n) is 12.5. The molecule has 0 bridgehead atoms. The highest BCUT2D eigenvalue weighted by molar-refractivity contribution is 5.79. The smallest absolute Gasteiger partial charge is 0.225 e. The summed E-state index contributed by atoms with van der Waals surface area (Å²) in [5, 5.41) is 0. The Hall–Kier alpha value is -0.610. The van der Waals surface area contributed by atoms with Crippen molar-refractivity contribution in [2.24, 2.45) is 17.6 Å². The molecular weight excluding hydrogens is 238 g/mol. The lowest BCUT2D eigenvalue weighted by Crippen LogP contribution is -2.54. The Bertz CT molecular complexity index is 308. The number of piperazine rings is 1. The van der Waals surface area contributed by atoms with Crippen LogP contribution < -0.4 is 5.73 Å². The van der Waals surface area contributed by atoms with Crippen molar-refractivity contribution in [3.63, 3.8) is 0 Å². The molecule has 0 spiro atoms. The molecule has 3 atom stereocenters. The van der Waals surface area contributed by atoms with Gasteiger partial charge in [-0.2, -0.15) is 0 Å². The van der Waals surface area contributed by atoms with Gasteiger partial charge in [-0.05, 0) is 45.2 Å². The minimum Gasteiger partial charge on any atom is -0.340 e. The Labute approximate surface area is 117 Å². The van der Waals surface area contributed by atoms with Crippen molar-refractivity contribution in [2.75, 3.05) is 33.2 Å². The van der Waals surface area contributed by atoms with Crippen LogP contribution in [0.3, 0.4) is 0 Å². The molecule has 0 aromatic heterocycles. The summed E-state index contributed by atoms with van der Waals surface area (Å²) < 4.78 is 0. The van der Waals surface area contributed by atoms with Crippen molar-refractivity contribution in [3.05, 3.63) is 0 Å². The third-order valence-corrected chi connectivity index (χ3v) is 5.03. The summed E-state index contributed by atoms with van der Waals surface area (Å²) in [4.78, 5) is 17.1. The molecular formula is C15H29N3O. The molecule has 1 heterocycles. The van der Waals surface area contributed by atoms with Crippen LogP contribution in [-0.4, -0.2) is 55.0 Å². The molecule has 0 aromatic carbocycles. The van der Waals surface area contributed by atoms with E-state index in [2.05, 4.69) is 23.8 Å². The van der Waals surface area contributed by atoms with Crippen LogP contribution in [0.4, 0.5) is 0 Å². The topological polar surface area (TPSA) is 49.6 Å². The number of hydrogen-bond acceptors (Lipinski definition) is 3. The van der Waals surface area contributed by atoms with E-state index in [0.717, 1.165) is 45.4 Å². The van der Waals surface area contributed by atoms with Crippen LogP contribution >= 0.6 is 0 Å². The molecule has 2 fully saturated rings. The standard InChI is InChI=1S/C15H29N3O/c1-3-14-11-18(8-7-17(14)2)15(19)13-6-4-5-12(9-13)10-16/h12-14H,3-11,16H2,1-2H3. The maximum absolute atomic E-state index is 12.6. The first-order valence-electron chi connectivity index (χ1n) is 7.84. The van der Waals surface area contributed by atoms with Crippen LogP contribution in [0.2, 0.25) is 0 Å². The fourth-order valence-corrected chi connectivity index (χ4v) is 3.57. The van der Waals surface area contributed by atoms with E-state index in [1.165, 1.54) is 12.8 Å². The van der Waals surface area contributed by atoms with Crippen molar-refractivity contribution >= 4 is 5.91 Å². The van der Waals surface area contributed by atoms with Gasteiger partial charge in [0.25, 0.3) is 0 Å². The average Bonchev–Trinajstić information content (AvgIpc) is 2.47. The second-order valence-corrected chi connectivity index (χ2v) is 6.29. The number of nitrogens with zero attached hydrogens (tertiary/aromatic N) is 2. The fraction of sp³-hybridized carbons (Fsp3) is 0.933. The summed E-state index contributed by atoms with van der Waals surface area (Å²) in [6.07, 6.45) is 5.58. The molecule has 2 rings (SSSR count). The van der Waals surface area contributed by atoms with E-state index in [9.17, 15) is 4.79 Å². The zero-order chi connectivity index (χ0) is 13.8. The quantitative estimate of drug-likeness (QED) is 0.838. The lowest BCUT2D eigenvalue weighted by Gasteiger charge is -2.41. The fourth-order valence-electron chi connectivity index (χ4n) is 3.57. The lowest BCUT2D eigenvalue weighted by molar-refractivity contribution is -0.139. The van der Waals surface area contributed by atoms with E-state index in [4.69, 9.17) is 5.73 Å². The van der Waals surface area contributed by atoms with E-state index >= 15 is 0 Å². The van der Waals surface area contributed by atoms with Crippen LogP contribution in [0.5, 0.6) is 0 Å². The molecule has 4 nitrogen and oxygen atoms in total. The van der Waals surface area contributed by atoms with Crippen LogP contribution in [0, 0.1) is 11.8 Å². The average molecular weight is 267 g/mol. The molecule has 0 radical (unpaired) electrons. The molecule has 2 N–H and O–H groups in total. The van der Waals surface area contributed by atoms with Crippen molar-refractivity contribution in [1.82, 2.24) is 9.80 Å². The largest absolute Gasteiger partial charge is 0.340 e. The highest BCUT2D eigenvalue weighted by Gasteiger charge is 2.33. The molecule has 0 aromatic rings. The van der Waals surface area contributed by atoms with Crippen molar-refractivity contribution < 1.29 is 4.79 Å². The van der Waals surface area contributed by atoms with Crippen LogP contribution in [0.25, 0.3) is 0 Å². The molecule has 110 valence electrons. The van der Waals surface area contributed by atoms with E-state index < -0.39 is 0 Å². The number of amides is 1. The SMILES string of the molecule is CCC1CN(C(=O)C2CCCC(CN)C2)CCN1C. The molecule has 1 saturated heterocycles. The Morgan fingerprint density at radius 2 is 2.11 bits per heavy atom. The summed E-state index contributed by atoms with van der Waals surface area (Å²) in [6, 6.07) is 0.534. The minimum atomic E-state index is 0.239. The molecule has 4 heteroatoms. The van der Waals surface area contributed by atoms with E-state index in [1.807, 2.05) is 0 Å². The van der Waals surface area contributed by atoms with Gasteiger partial charge in [-0.3, -0.25) is 9.69 Å². The molecule has 2 aliphatic rings. The van der Waals surface area contributed by atoms with Crippen molar-refractivity contribution in [3.8, 4) is 0 Å². The Balaban J connectivity index is 1.92. The summed E-state index contributed by atoms with van der Waals surface area (Å²) in [7, 11) is 2.17. The molecule has 1 aliphatic heterocycles. The maximum Gasteiger partial charge on any atom is 0.225 e. The second kappa shape index (κ2) is 6.71. The summed E-state index contributed by atoms with van der Waals surface area (Å²) in [6.45, 7) is 5.77. The van der Waals surface area contributed by atoms with Gasteiger partial charge in [0, 0.05) is 31.6 Å². The van der Waals surface area contributed by atoms with Gasteiger partial charge >= 0.3 is 0 Å². The number of rotatable bonds is 3. The minimum absolute atomic E-state index is 0.239. The third-order valence-electron chi connectivity index (χ3n) is 5.03. The van der Waals surface area contributed by atoms with Gasteiger partial charge in [0.15, 0.2) is 0 Å². The third kappa shape index (κ3) is 3.48. The van der Waals surface area contributed by atoms with Gasteiger partial charge in [-0.25, -0.2) is 0 Å². The predicted octanol–water partition coefficient (Wildman–Crippen LogP) is 1.30. The highest BCUT2D eigenvalue weighted by atomic mass is 16.2.